The Morgan fingerprint density at radius 3 is 2.71 bits per heavy atom. The smallest absolute Gasteiger partial charge is 0.126 e. The van der Waals surface area contributed by atoms with Crippen LogP contribution in [0.5, 0.6) is 5.75 Å². The fourth-order valence-electron chi connectivity index (χ4n) is 1.22. The van der Waals surface area contributed by atoms with Gasteiger partial charge in [-0.3, -0.25) is 0 Å². The maximum absolute atomic E-state index is 5.17. The van der Waals surface area contributed by atoms with E-state index in [-0.39, 0.29) is 0 Å². The molecule has 2 heteroatoms. The first-order valence-electron chi connectivity index (χ1n) is 4.40. The Morgan fingerprint density at radius 2 is 2.21 bits per heavy atom. The van der Waals surface area contributed by atoms with Crippen LogP contribution in [0.25, 0.3) is 6.08 Å². The van der Waals surface area contributed by atoms with Gasteiger partial charge in [0.25, 0.3) is 0 Å². The van der Waals surface area contributed by atoms with Crippen molar-refractivity contribution in [3.8, 4) is 5.75 Å². The molecule has 0 atom stereocenters. The Balaban J connectivity index is 3.01. The molecule has 0 saturated heterocycles. The topological polar surface area (TPSA) is 21.3 Å². The highest BCUT2D eigenvalue weighted by Gasteiger charge is 2.00. The maximum Gasteiger partial charge on any atom is 0.126 e. The molecule has 0 aromatic heterocycles. The van der Waals surface area contributed by atoms with Crippen LogP contribution in [0.4, 0.5) is 5.69 Å². The standard InChI is InChI=1S/C12H15NO/c1-5-10-8-11(13-9(2)3)6-7-12(10)14-4/h5-8,13H,1-2H2,3-4H3. The first kappa shape index (κ1) is 10.4. The number of benzene rings is 1. The van der Waals surface area contributed by atoms with Crippen molar-refractivity contribution in [1.82, 2.24) is 0 Å². The molecule has 0 aliphatic carbocycles. The Morgan fingerprint density at radius 1 is 1.50 bits per heavy atom. The van der Waals surface area contributed by atoms with Crippen molar-refractivity contribution in [2.45, 2.75) is 6.92 Å². The molecule has 0 radical (unpaired) electrons. The van der Waals surface area contributed by atoms with Gasteiger partial charge in [0, 0.05) is 16.9 Å². The summed E-state index contributed by atoms with van der Waals surface area (Å²) in [6.45, 7) is 9.42. The predicted molar refractivity (Wildman–Crippen MR) is 61.5 cm³/mol. The monoisotopic (exact) mass is 189 g/mol. The van der Waals surface area contributed by atoms with Crippen molar-refractivity contribution in [2.24, 2.45) is 0 Å². The van der Waals surface area contributed by atoms with Crippen molar-refractivity contribution in [3.05, 3.63) is 42.6 Å². The number of nitrogens with one attached hydrogen (secondary N) is 1. The molecule has 0 aliphatic rings. The van der Waals surface area contributed by atoms with E-state index in [2.05, 4.69) is 18.5 Å². The third kappa shape index (κ3) is 2.39. The van der Waals surface area contributed by atoms with Gasteiger partial charge in [-0.2, -0.15) is 0 Å². The van der Waals surface area contributed by atoms with Gasteiger partial charge in [-0.15, -0.1) is 0 Å². The van der Waals surface area contributed by atoms with Crippen LogP contribution in [0.3, 0.4) is 0 Å². The summed E-state index contributed by atoms with van der Waals surface area (Å²) in [5.41, 5.74) is 2.87. The second-order valence-electron chi connectivity index (χ2n) is 3.07. The Labute approximate surface area is 84.9 Å². The molecular formula is C12H15NO. The molecule has 74 valence electrons. The van der Waals surface area contributed by atoms with Gasteiger partial charge in [0.05, 0.1) is 7.11 Å². The summed E-state index contributed by atoms with van der Waals surface area (Å²) in [6.07, 6.45) is 1.77. The summed E-state index contributed by atoms with van der Waals surface area (Å²) < 4.78 is 5.17. The van der Waals surface area contributed by atoms with E-state index < -0.39 is 0 Å². The van der Waals surface area contributed by atoms with Crippen LogP contribution >= 0.6 is 0 Å². The zero-order valence-corrected chi connectivity index (χ0v) is 8.63. The third-order valence-corrected chi connectivity index (χ3v) is 1.81. The van der Waals surface area contributed by atoms with E-state index in [0.29, 0.717) is 0 Å². The number of hydrogen-bond donors (Lipinski definition) is 1. The zero-order valence-electron chi connectivity index (χ0n) is 8.63. The Bertz CT molecular complexity index is 355. The van der Waals surface area contributed by atoms with Gasteiger partial charge in [-0.1, -0.05) is 19.2 Å². The number of ether oxygens (including phenoxy) is 1. The molecular weight excluding hydrogens is 174 g/mol. The van der Waals surface area contributed by atoms with Gasteiger partial charge >= 0.3 is 0 Å². The number of anilines is 1. The predicted octanol–water partition coefficient (Wildman–Crippen LogP) is 3.28. The van der Waals surface area contributed by atoms with E-state index in [0.717, 1.165) is 22.7 Å². The van der Waals surface area contributed by atoms with Crippen LogP contribution in [0.1, 0.15) is 12.5 Å². The van der Waals surface area contributed by atoms with E-state index >= 15 is 0 Å². The second-order valence-corrected chi connectivity index (χ2v) is 3.07. The minimum atomic E-state index is 0.826. The fourth-order valence-corrected chi connectivity index (χ4v) is 1.22. The molecule has 0 amide bonds. The zero-order chi connectivity index (χ0) is 10.6. The maximum atomic E-state index is 5.17. The highest BCUT2D eigenvalue weighted by atomic mass is 16.5. The van der Waals surface area contributed by atoms with Crippen molar-refractivity contribution in [3.63, 3.8) is 0 Å². The highest BCUT2D eigenvalue weighted by molar-refractivity contribution is 5.63. The summed E-state index contributed by atoms with van der Waals surface area (Å²) in [7, 11) is 1.65. The first-order chi connectivity index (χ1) is 6.67. The fraction of sp³-hybridized carbons (Fsp3) is 0.167. The molecule has 1 aromatic carbocycles. The van der Waals surface area contributed by atoms with Crippen LogP contribution < -0.4 is 10.1 Å². The van der Waals surface area contributed by atoms with E-state index in [4.69, 9.17) is 4.74 Å². The molecule has 2 nitrogen and oxygen atoms in total. The third-order valence-electron chi connectivity index (χ3n) is 1.81. The van der Waals surface area contributed by atoms with Crippen LogP contribution in [-0.4, -0.2) is 7.11 Å². The highest BCUT2D eigenvalue weighted by Crippen LogP contribution is 2.23. The van der Waals surface area contributed by atoms with Gasteiger partial charge in [0.2, 0.25) is 0 Å². The van der Waals surface area contributed by atoms with Crippen molar-refractivity contribution < 1.29 is 4.74 Å². The summed E-state index contributed by atoms with van der Waals surface area (Å²) in [6, 6.07) is 5.82. The molecule has 1 N–H and O–H groups in total. The summed E-state index contributed by atoms with van der Waals surface area (Å²) in [5.74, 6) is 0.826. The van der Waals surface area contributed by atoms with Crippen molar-refractivity contribution in [2.75, 3.05) is 12.4 Å². The van der Waals surface area contributed by atoms with Gasteiger partial charge in [0.15, 0.2) is 0 Å². The first-order valence-corrected chi connectivity index (χ1v) is 4.40. The van der Waals surface area contributed by atoms with Crippen molar-refractivity contribution >= 4 is 11.8 Å². The van der Waals surface area contributed by atoms with E-state index in [1.54, 1.807) is 13.2 Å². The average molecular weight is 189 g/mol. The molecule has 0 bridgehead atoms. The van der Waals surface area contributed by atoms with Gasteiger partial charge in [0.1, 0.15) is 5.75 Å². The van der Waals surface area contributed by atoms with E-state index in [1.165, 1.54) is 0 Å². The molecule has 0 heterocycles. The number of allylic oxidation sites excluding steroid dienone is 1. The average Bonchev–Trinajstić information content (AvgIpc) is 2.16. The summed E-state index contributed by atoms with van der Waals surface area (Å²) in [4.78, 5) is 0. The number of methoxy groups -OCH3 is 1. The number of rotatable bonds is 4. The second kappa shape index (κ2) is 4.51. The number of hydrogen-bond acceptors (Lipinski definition) is 2. The molecule has 0 saturated carbocycles. The van der Waals surface area contributed by atoms with Crippen LogP contribution in [-0.2, 0) is 0 Å². The minimum absolute atomic E-state index is 0.826. The van der Waals surface area contributed by atoms with Gasteiger partial charge < -0.3 is 10.1 Å². The minimum Gasteiger partial charge on any atom is -0.496 e. The largest absolute Gasteiger partial charge is 0.496 e. The summed E-state index contributed by atoms with van der Waals surface area (Å²) >= 11 is 0. The normalized spacial score (nSPS) is 9.29. The molecule has 1 aromatic rings. The quantitative estimate of drug-likeness (QED) is 0.784. The van der Waals surface area contributed by atoms with E-state index in [9.17, 15) is 0 Å². The van der Waals surface area contributed by atoms with Crippen LogP contribution in [0, 0.1) is 0 Å². The molecule has 0 unspecified atom stereocenters. The molecule has 0 spiro atoms. The van der Waals surface area contributed by atoms with Crippen LogP contribution in [0.15, 0.2) is 37.1 Å². The van der Waals surface area contributed by atoms with E-state index in [1.807, 2.05) is 25.1 Å². The summed E-state index contributed by atoms with van der Waals surface area (Å²) in [5, 5.41) is 3.13. The lowest BCUT2D eigenvalue weighted by Gasteiger charge is -2.09. The lowest BCUT2D eigenvalue weighted by molar-refractivity contribution is 0.414. The Kier molecular flexibility index (Phi) is 3.35. The molecule has 14 heavy (non-hydrogen) atoms. The van der Waals surface area contributed by atoms with Crippen LogP contribution in [0.2, 0.25) is 0 Å². The molecule has 0 aliphatic heterocycles. The van der Waals surface area contributed by atoms with Crippen molar-refractivity contribution in [1.29, 1.82) is 0 Å². The SMILES string of the molecule is C=Cc1cc(NC(=C)C)ccc1OC. The Hall–Kier alpha value is -1.70. The molecule has 1 rings (SSSR count). The van der Waals surface area contributed by atoms with Gasteiger partial charge in [-0.25, -0.2) is 0 Å². The van der Waals surface area contributed by atoms with Gasteiger partial charge in [-0.05, 0) is 25.1 Å². The lowest BCUT2D eigenvalue weighted by atomic mass is 10.1. The molecule has 0 fully saturated rings. The lowest BCUT2D eigenvalue weighted by Crippen LogP contribution is -1.95.